The molecular formula is C14H20ClN3O2. The SMILES string of the molecule is Cc1c(Cl)cccc1NC(=O)CCNC(=O)CC(C)N. The van der Waals surface area contributed by atoms with Crippen molar-refractivity contribution >= 4 is 29.1 Å². The van der Waals surface area contributed by atoms with Crippen molar-refractivity contribution in [2.24, 2.45) is 5.73 Å². The first-order chi connectivity index (χ1) is 9.40. The number of benzene rings is 1. The minimum Gasteiger partial charge on any atom is -0.356 e. The molecule has 0 spiro atoms. The summed E-state index contributed by atoms with van der Waals surface area (Å²) in [4.78, 5) is 23.1. The molecule has 0 aromatic heterocycles. The van der Waals surface area contributed by atoms with E-state index < -0.39 is 0 Å². The van der Waals surface area contributed by atoms with Crippen LogP contribution in [-0.2, 0) is 9.59 Å². The Morgan fingerprint density at radius 3 is 2.70 bits per heavy atom. The number of nitrogens with one attached hydrogen (secondary N) is 2. The summed E-state index contributed by atoms with van der Waals surface area (Å²) >= 11 is 5.97. The van der Waals surface area contributed by atoms with Gasteiger partial charge in [-0.05, 0) is 31.5 Å². The summed E-state index contributed by atoms with van der Waals surface area (Å²) in [6, 6.07) is 5.14. The van der Waals surface area contributed by atoms with Crippen molar-refractivity contribution in [3.8, 4) is 0 Å². The van der Waals surface area contributed by atoms with Crippen LogP contribution in [0.1, 0.15) is 25.3 Å². The quantitative estimate of drug-likeness (QED) is 0.749. The van der Waals surface area contributed by atoms with Crippen LogP contribution < -0.4 is 16.4 Å². The Balaban J connectivity index is 2.37. The van der Waals surface area contributed by atoms with E-state index in [0.29, 0.717) is 10.7 Å². The molecule has 20 heavy (non-hydrogen) atoms. The van der Waals surface area contributed by atoms with Crippen molar-refractivity contribution in [1.82, 2.24) is 5.32 Å². The van der Waals surface area contributed by atoms with Crippen LogP contribution in [0.3, 0.4) is 0 Å². The van der Waals surface area contributed by atoms with Gasteiger partial charge in [0, 0.05) is 36.1 Å². The van der Waals surface area contributed by atoms with Crippen LogP contribution in [0.15, 0.2) is 18.2 Å². The molecule has 0 radical (unpaired) electrons. The van der Waals surface area contributed by atoms with E-state index in [4.69, 9.17) is 17.3 Å². The summed E-state index contributed by atoms with van der Waals surface area (Å²) in [5.74, 6) is -0.316. The van der Waals surface area contributed by atoms with Crippen molar-refractivity contribution < 1.29 is 9.59 Å². The van der Waals surface area contributed by atoms with Gasteiger partial charge in [0.2, 0.25) is 11.8 Å². The van der Waals surface area contributed by atoms with Crippen LogP contribution in [0, 0.1) is 6.92 Å². The highest BCUT2D eigenvalue weighted by molar-refractivity contribution is 6.31. The number of rotatable bonds is 6. The number of nitrogens with two attached hydrogens (primary N) is 1. The molecule has 2 amide bonds. The van der Waals surface area contributed by atoms with Crippen LogP contribution in [0.2, 0.25) is 5.02 Å². The molecule has 110 valence electrons. The molecule has 1 aromatic rings. The van der Waals surface area contributed by atoms with E-state index in [0.717, 1.165) is 5.56 Å². The molecule has 0 fully saturated rings. The second-order valence-electron chi connectivity index (χ2n) is 4.74. The fourth-order valence-corrected chi connectivity index (χ4v) is 1.81. The van der Waals surface area contributed by atoms with Gasteiger partial charge < -0.3 is 16.4 Å². The molecule has 0 saturated carbocycles. The fourth-order valence-electron chi connectivity index (χ4n) is 1.64. The molecule has 0 aliphatic carbocycles. The molecule has 0 aliphatic heterocycles. The van der Waals surface area contributed by atoms with Gasteiger partial charge in [-0.3, -0.25) is 9.59 Å². The molecule has 5 nitrogen and oxygen atoms in total. The molecule has 0 heterocycles. The average Bonchev–Trinajstić information content (AvgIpc) is 2.34. The molecule has 4 N–H and O–H groups in total. The first-order valence-corrected chi connectivity index (χ1v) is 6.85. The molecule has 0 aliphatic rings. The largest absolute Gasteiger partial charge is 0.356 e. The topological polar surface area (TPSA) is 84.2 Å². The summed E-state index contributed by atoms with van der Waals surface area (Å²) in [6.07, 6.45) is 0.464. The lowest BCUT2D eigenvalue weighted by molar-refractivity contribution is -0.121. The highest BCUT2D eigenvalue weighted by atomic mass is 35.5. The third-order valence-corrected chi connectivity index (χ3v) is 3.13. The van der Waals surface area contributed by atoms with E-state index in [1.807, 2.05) is 6.92 Å². The van der Waals surface area contributed by atoms with E-state index in [1.54, 1.807) is 25.1 Å². The highest BCUT2D eigenvalue weighted by Gasteiger charge is 2.08. The lowest BCUT2D eigenvalue weighted by Crippen LogP contribution is -2.32. The number of hydrogen-bond donors (Lipinski definition) is 3. The lowest BCUT2D eigenvalue weighted by atomic mass is 10.2. The molecule has 1 atom stereocenters. The zero-order valence-corrected chi connectivity index (χ0v) is 12.5. The predicted molar refractivity (Wildman–Crippen MR) is 80.7 cm³/mol. The highest BCUT2D eigenvalue weighted by Crippen LogP contribution is 2.22. The van der Waals surface area contributed by atoms with Crippen molar-refractivity contribution in [2.75, 3.05) is 11.9 Å². The van der Waals surface area contributed by atoms with Crippen molar-refractivity contribution in [2.45, 2.75) is 32.7 Å². The van der Waals surface area contributed by atoms with Crippen molar-refractivity contribution in [3.63, 3.8) is 0 Å². The maximum absolute atomic E-state index is 11.7. The van der Waals surface area contributed by atoms with E-state index in [9.17, 15) is 9.59 Å². The van der Waals surface area contributed by atoms with Gasteiger partial charge in [-0.1, -0.05) is 17.7 Å². The van der Waals surface area contributed by atoms with Gasteiger partial charge in [-0.15, -0.1) is 0 Å². The number of halogens is 1. The fraction of sp³-hybridized carbons (Fsp3) is 0.429. The molecule has 1 rings (SSSR count). The van der Waals surface area contributed by atoms with Crippen LogP contribution in [-0.4, -0.2) is 24.4 Å². The zero-order valence-electron chi connectivity index (χ0n) is 11.7. The third kappa shape index (κ3) is 5.59. The number of hydrogen-bond acceptors (Lipinski definition) is 3. The Hall–Kier alpha value is -1.59. The van der Waals surface area contributed by atoms with E-state index >= 15 is 0 Å². The Labute approximate surface area is 123 Å². The molecule has 6 heteroatoms. The van der Waals surface area contributed by atoms with Gasteiger partial charge in [0.25, 0.3) is 0 Å². The lowest BCUT2D eigenvalue weighted by Gasteiger charge is -2.10. The normalized spacial score (nSPS) is 11.8. The number of carbonyl (C=O) groups is 2. The minimum atomic E-state index is -0.182. The number of anilines is 1. The Morgan fingerprint density at radius 1 is 1.35 bits per heavy atom. The second-order valence-corrected chi connectivity index (χ2v) is 5.15. The second kappa shape index (κ2) is 7.87. The van der Waals surface area contributed by atoms with Crippen molar-refractivity contribution in [1.29, 1.82) is 0 Å². The molecule has 1 unspecified atom stereocenters. The number of amides is 2. The summed E-state index contributed by atoms with van der Waals surface area (Å²) in [6.45, 7) is 3.88. The minimum absolute atomic E-state index is 0.147. The summed E-state index contributed by atoms with van der Waals surface area (Å²) < 4.78 is 0. The van der Waals surface area contributed by atoms with E-state index in [2.05, 4.69) is 10.6 Å². The maximum atomic E-state index is 11.7. The van der Waals surface area contributed by atoms with Gasteiger partial charge in [0.05, 0.1) is 0 Å². The molecule has 0 bridgehead atoms. The first-order valence-electron chi connectivity index (χ1n) is 6.47. The van der Waals surface area contributed by atoms with Gasteiger partial charge in [-0.25, -0.2) is 0 Å². The van der Waals surface area contributed by atoms with Gasteiger partial charge >= 0.3 is 0 Å². The van der Waals surface area contributed by atoms with Crippen LogP contribution in [0.25, 0.3) is 0 Å². The molecule has 1 aromatic carbocycles. The van der Waals surface area contributed by atoms with Crippen LogP contribution in [0.4, 0.5) is 5.69 Å². The smallest absolute Gasteiger partial charge is 0.226 e. The number of carbonyl (C=O) groups excluding carboxylic acids is 2. The van der Waals surface area contributed by atoms with E-state index in [-0.39, 0.29) is 37.2 Å². The zero-order chi connectivity index (χ0) is 15.1. The standard InChI is InChI=1S/C14H20ClN3O2/c1-9(16)8-14(20)17-7-6-13(19)18-12-5-3-4-11(15)10(12)2/h3-5,9H,6-8,16H2,1-2H3,(H,17,20)(H,18,19). The predicted octanol–water partition coefficient (Wildman–Crippen LogP) is 1.83. The Morgan fingerprint density at radius 2 is 2.05 bits per heavy atom. The van der Waals surface area contributed by atoms with Gasteiger partial charge in [-0.2, -0.15) is 0 Å². The summed E-state index contributed by atoms with van der Waals surface area (Å²) in [7, 11) is 0. The molecule has 0 saturated heterocycles. The van der Waals surface area contributed by atoms with Crippen LogP contribution in [0.5, 0.6) is 0 Å². The monoisotopic (exact) mass is 297 g/mol. The summed E-state index contributed by atoms with van der Waals surface area (Å²) in [5, 5.41) is 6.02. The summed E-state index contributed by atoms with van der Waals surface area (Å²) in [5.41, 5.74) is 7.01. The Kier molecular flexibility index (Phi) is 6.48. The third-order valence-electron chi connectivity index (χ3n) is 2.72. The maximum Gasteiger partial charge on any atom is 0.226 e. The van der Waals surface area contributed by atoms with Gasteiger partial charge in [0.1, 0.15) is 0 Å². The van der Waals surface area contributed by atoms with E-state index in [1.165, 1.54) is 0 Å². The van der Waals surface area contributed by atoms with Crippen LogP contribution >= 0.6 is 11.6 Å². The van der Waals surface area contributed by atoms with Crippen molar-refractivity contribution in [3.05, 3.63) is 28.8 Å². The Bertz CT molecular complexity index is 489. The first kappa shape index (κ1) is 16.5. The average molecular weight is 298 g/mol. The molecular weight excluding hydrogens is 278 g/mol. The van der Waals surface area contributed by atoms with Gasteiger partial charge in [0.15, 0.2) is 0 Å².